The van der Waals surface area contributed by atoms with Crippen molar-refractivity contribution < 1.29 is 12.8 Å². The van der Waals surface area contributed by atoms with E-state index in [2.05, 4.69) is 26.0 Å². The summed E-state index contributed by atoms with van der Waals surface area (Å²) < 4.78 is 40.4. The van der Waals surface area contributed by atoms with E-state index in [1.165, 1.54) is 12.1 Å². The number of hydrogen-bond donors (Lipinski definition) is 2. The van der Waals surface area contributed by atoms with Crippen molar-refractivity contribution in [2.75, 3.05) is 13.1 Å². The van der Waals surface area contributed by atoms with Crippen LogP contribution in [-0.2, 0) is 10.0 Å². The number of nitrogens with one attached hydrogen (secondary N) is 2. The molecule has 94 valence electrons. The van der Waals surface area contributed by atoms with Gasteiger partial charge in [-0.1, -0.05) is 15.9 Å². The molecule has 1 aromatic rings. The standard InChI is InChI=1S/C10H12BrFN2O2S/c11-7-1-2-9(12)10(5-7)17(15,16)14-8-3-4-13-6-8/h1-2,5,8,13-14H,3-4,6H2. The van der Waals surface area contributed by atoms with Crippen molar-refractivity contribution >= 4 is 26.0 Å². The highest BCUT2D eigenvalue weighted by molar-refractivity contribution is 9.10. The number of hydrogen-bond acceptors (Lipinski definition) is 3. The Hall–Kier alpha value is -0.500. The van der Waals surface area contributed by atoms with Gasteiger partial charge in [-0.3, -0.25) is 0 Å². The van der Waals surface area contributed by atoms with Crippen molar-refractivity contribution in [2.45, 2.75) is 17.4 Å². The van der Waals surface area contributed by atoms with Crippen LogP contribution in [0, 0.1) is 5.82 Å². The summed E-state index contributed by atoms with van der Waals surface area (Å²) in [6, 6.07) is 3.69. The van der Waals surface area contributed by atoms with E-state index >= 15 is 0 Å². The van der Waals surface area contributed by atoms with Crippen LogP contribution in [0.15, 0.2) is 27.6 Å². The van der Waals surface area contributed by atoms with Gasteiger partial charge in [0.15, 0.2) is 0 Å². The molecule has 1 atom stereocenters. The zero-order valence-electron chi connectivity index (χ0n) is 8.91. The molecule has 0 spiro atoms. The van der Waals surface area contributed by atoms with Crippen LogP contribution in [0.2, 0.25) is 0 Å². The summed E-state index contributed by atoms with van der Waals surface area (Å²) in [4.78, 5) is -0.321. The first kappa shape index (κ1) is 12.9. The minimum atomic E-state index is -3.79. The zero-order valence-corrected chi connectivity index (χ0v) is 11.3. The molecule has 1 aromatic carbocycles. The lowest BCUT2D eigenvalue weighted by Crippen LogP contribution is -2.36. The molecule has 0 aliphatic carbocycles. The fourth-order valence-corrected chi connectivity index (χ4v) is 3.61. The molecule has 2 rings (SSSR count). The summed E-state index contributed by atoms with van der Waals surface area (Å²) in [5, 5.41) is 3.04. The van der Waals surface area contributed by atoms with Gasteiger partial charge in [0.05, 0.1) is 0 Å². The molecule has 17 heavy (non-hydrogen) atoms. The van der Waals surface area contributed by atoms with Crippen molar-refractivity contribution in [3.8, 4) is 0 Å². The fourth-order valence-electron chi connectivity index (χ4n) is 1.72. The molecule has 1 unspecified atom stereocenters. The molecule has 7 heteroatoms. The van der Waals surface area contributed by atoms with Crippen molar-refractivity contribution in [1.29, 1.82) is 0 Å². The summed E-state index contributed by atoms with van der Waals surface area (Å²) in [5.74, 6) is -0.744. The van der Waals surface area contributed by atoms with Crippen LogP contribution in [0.5, 0.6) is 0 Å². The molecule has 0 saturated carbocycles. The predicted octanol–water partition coefficient (Wildman–Crippen LogP) is 1.23. The summed E-state index contributed by atoms with van der Waals surface area (Å²) >= 11 is 3.13. The molecule has 1 aliphatic rings. The van der Waals surface area contributed by atoms with E-state index in [-0.39, 0.29) is 10.9 Å². The molecule has 4 nitrogen and oxygen atoms in total. The van der Waals surface area contributed by atoms with Gasteiger partial charge in [0.1, 0.15) is 10.7 Å². The second-order valence-electron chi connectivity index (χ2n) is 3.89. The molecule has 1 saturated heterocycles. The van der Waals surface area contributed by atoms with Gasteiger partial charge in [0, 0.05) is 17.1 Å². The maximum Gasteiger partial charge on any atom is 0.243 e. The van der Waals surface area contributed by atoms with Crippen molar-refractivity contribution in [3.63, 3.8) is 0 Å². The Balaban J connectivity index is 2.27. The van der Waals surface area contributed by atoms with Crippen LogP contribution in [-0.4, -0.2) is 27.5 Å². The van der Waals surface area contributed by atoms with E-state index in [9.17, 15) is 12.8 Å². The van der Waals surface area contributed by atoms with Crippen LogP contribution in [0.25, 0.3) is 0 Å². The lowest BCUT2D eigenvalue weighted by molar-refractivity contribution is 0.542. The normalized spacial score (nSPS) is 20.7. The molecule has 1 fully saturated rings. The average Bonchev–Trinajstić information content (AvgIpc) is 2.73. The van der Waals surface area contributed by atoms with Gasteiger partial charge in [-0.05, 0) is 31.2 Å². The first-order valence-electron chi connectivity index (χ1n) is 5.17. The van der Waals surface area contributed by atoms with E-state index in [1.807, 2.05) is 0 Å². The van der Waals surface area contributed by atoms with Gasteiger partial charge in [-0.25, -0.2) is 17.5 Å². The lowest BCUT2D eigenvalue weighted by atomic mass is 10.3. The summed E-state index contributed by atoms with van der Waals surface area (Å²) in [6.07, 6.45) is 0.717. The van der Waals surface area contributed by atoms with E-state index in [0.29, 0.717) is 11.0 Å². The SMILES string of the molecule is O=S(=O)(NC1CCNC1)c1cc(Br)ccc1F. The molecule has 1 heterocycles. The maximum atomic E-state index is 13.5. The van der Waals surface area contributed by atoms with Crippen molar-refractivity contribution in [2.24, 2.45) is 0 Å². The van der Waals surface area contributed by atoms with Crippen molar-refractivity contribution in [3.05, 3.63) is 28.5 Å². The lowest BCUT2D eigenvalue weighted by Gasteiger charge is -2.12. The molecule has 0 bridgehead atoms. The van der Waals surface area contributed by atoms with Gasteiger partial charge in [-0.2, -0.15) is 0 Å². The van der Waals surface area contributed by atoms with E-state index in [0.717, 1.165) is 19.0 Å². The number of benzene rings is 1. The van der Waals surface area contributed by atoms with Crippen LogP contribution in [0.3, 0.4) is 0 Å². The molecule has 0 amide bonds. The minimum Gasteiger partial charge on any atom is -0.315 e. The molecule has 1 aliphatic heterocycles. The van der Waals surface area contributed by atoms with Gasteiger partial charge in [-0.15, -0.1) is 0 Å². The molecule has 0 radical (unpaired) electrons. The summed E-state index contributed by atoms with van der Waals surface area (Å²) in [7, 11) is -3.79. The van der Waals surface area contributed by atoms with Gasteiger partial charge in [0.2, 0.25) is 10.0 Å². The third-order valence-corrected chi connectivity index (χ3v) is 4.59. The van der Waals surface area contributed by atoms with Crippen LogP contribution in [0.4, 0.5) is 4.39 Å². The molecule has 0 aromatic heterocycles. The highest BCUT2D eigenvalue weighted by Crippen LogP contribution is 2.20. The number of sulfonamides is 1. The topological polar surface area (TPSA) is 58.2 Å². The maximum absolute atomic E-state index is 13.5. The Bertz CT molecular complexity index is 515. The smallest absolute Gasteiger partial charge is 0.243 e. The Morgan fingerprint density at radius 1 is 1.47 bits per heavy atom. The third-order valence-electron chi connectivity index (χ3n) is 2.56. The molecular weight excluding hydrogens is 311 g/mol. The van der Waals surface area contributed by atoms with Crippen LogP contribution in [0.1, 0.15) is 6.42 Å². The second kappa shape index (κ2) is 5.01. The first-order valence-corrected chi connectivity index (χ1v) is 7.45. The Kier molecular flexibility index (Phi) is 3.82. The number of halogens is 2. The predicted molar refractivity (Wildman–Crippen MR) is 65.7 cm³/mol. The quantitative estimate of drug-likeness (QED) is 0.880. The van der Waals surface area contributed by atoms with E-state index in [1.54, 1.807) is 0 Å². The van der Waals surface area contributed by atoms with Gasteiger partial charge >= 0.3 is 0 Å². The zero-order chi connectivity index (χ0) is 12.5. The Morgan fingerprint density at radius 2 is 2.24 bits per heavy atom. The third kappa shape index (κ3) is 3.04. The van der Waals surface area contributed by atoms with Crippen molar-refractivity contribution in [1.82, 2.24) is 10.0 Å². The highest BCUT2D eigenvalue weighted by atomic mass is 79.9. The summed E-state index contributed by atoms with van der Waals surface area (Å²) in [6.45, 7) is 1.35. The second-order valence-corrected chi connectivity index (χ2v) is 6.48. The molecular formula is C10H12BrFN2O2S. The van der Waals surface area contributed by atoms with Gasteiger partial charge < -0.3 is 5.32 Å². The minimum absolute atomic E-state index is 0.168. The Labute approximate surface area is 108 Å². The first-order chi connectivity index (χ1) is 7.99. The van der Waals surface area contributed by atoms with Gasteiger partial charge in [0.25, 0.3) is 0 Å². The summed E-state index contributed by atoms with van der Waals surface area (Å²) in [5.41, 5.74) is 0. The van der Waals surface area contributed by atoms with Crippen LogP contribution >= 0.6 is 15.9 Å². The fraction of sp³-hybridized carbons (Fsp3) is 0.400. The Morgan fingerprint density at radius 3 is 2.88 bits per heavy atom. The van der Waals surface area contributed by atoms with E-state index in [4.69, 9.17) is 0 Å². The highest BCUT2D eigenvalue weighted by Gasteiger charge is 2.25. The monoisotopic (exact) mass is 322 g/mol. The average molecular weight is 323 g/mol. The van der Waals surface area contributed by atoms with Crippen LogP contribution < -0.4 is 10.0 Å². The molecule has 2 N–H and O–H groups in total. The largest absolute Gasteiger partial charge is 0.315 e. The number of rotatable bonds is 3. The van der Waals surface area contributed by atoms with E-state index < -0.39 is 15.8 Å².